The number of hydrogen-bond donors (Lipinski definition) is 1. The van der Waals surface area contributed by atoms with Crippen molar-refractivity contribution in [1.29, 1.82) is 0 Å². The van der Waals surface area contributed by atoms with Crippen molar-refractivity contribution < 1.29 is 4.74 Å². The molecule has 4 rings (SSSR count). The molecule has 3 aromatic rings. The maximum absolute atomic E-state index is 6.65. The van der Waals surface area contributed by atoms with Gasteiger partial charge in [0.1, 0.15) is 5.75 Å². The molecule has 0 spiro atoms. The molecular weight excluding hydrogens is 368 g/mol. The van der Waals surface area contributed by atoms with E-state index in [2.05, 4.69) is 48.3 Å². The Morgan fingerprint density at radius 3 is 2.68 bits per heavy atom. The Morgan fingerprint density at radius 2 is 1.89 bits per heavy atom. The molecule has 0 heterocycles. The Morgan fingerprint density at radius 1 is 1.07 bits per heavy atom. The summed E-state index contributed by atoms with van der Waals surface area (Å²) in [5, 5.41) is 0.763. The third kappa shape index (κ3) is 3.73. The zero-order valence-electron chi connectivity index (χ0n) is 16.2. The Labute approximate surface area is 171 Å². The van der Waals surface area contributed by atoms with Crippen molar-refractivity contribution in [2.24, 2.45) is 5.73 Å². The van der Waals surface area contributed by atoms with Crippen LogP contribution in [0.15, 0.2) is 66.7 Å². The van der Waals surface area contributed by atoms with Gasteiger partial charge in [0, 0.05) is 36.3 Å². The number of anilines is 1. The van der Waals surface area contributed by atoms with Gasteiger partial charge in [-0.2, -0.15) is 0 Å². The summed E-state index contributed by atoms with van der Waals surface area (Å²) in [5.74, 6) is 1.15. The lowest BCUT2D eigenvalue weighted by Crippen LogP contribution is -2.18. The fraction of sp³-hybridized carbons (Fsp3) is 0.250. The predicted molar refractivity (Wildman–Crippen MR) is 116 cm³/mol. The lowest BCUT2D eigenvalue weighted by atomic mass is 9.93. The first-order valence-electron chi connectivity index (χ1n) is 9.53. The molecule has 3 aromatic carbocycles. The Bertz CT molecular complexity index is 988. The van der Waals surface area contributed by atoms with Crippen LogP contribution in [-0.4, -0.2) is 14.2 Å². The molecule has 2 atom stereocenters. The molecule has 0 bridgehead atoms. The van der Waals surface area contributed by atoms with E-state index in [9.17, 15) is 0 Å². The van der Waals surface area contributed by atoms with Gasteiger partial charge >= 0.3 is 0 Å². The summed E-state index contributed by atoms with van der Waals surface area (Å²) in [6.07, 6.45) is 0.955. The summed E-state index contributed by atoms with van der Waals surface area (Å²) in [5.41, 5.74) is 12.8. The second-order valence-corrected chi connectivity index (χ2v) is 7.92. The maximum atomic E-state index is 6.65. The van der Waals surface area contributed by atoms with Gasteiger partial charge < -0.3 is 15.4 Å². The van der Waals surface area contributed by atoms with E-state index in [0.29, 0.717) is 0 Å². The van der Waals surface area contributed by atoms with Gasteiger partial charge in [-0.05, 0) is 65.1 Å². The van der Waals surface area contributed by atoms with Gasteiger partial charge in [0.15, 0.2) is 0 Å². The average molecular weight is 393 g/mol. The van der Waals surface area contributed by atoms with Gasteiger partial charge in [-0.25, -0.2) is 0 Å². The number of fused-ring (bicyclic) bond motifs is 1. The fourth-order valence-corrected chi connectivity index (χ4v) is 4.29. The topological polar surface area (TPSA) is 38.5 Å². The third-order valence-electron chi connectivity index (χ3n) is 5.63. The highest BCUT2D eigenvalue weighted by atomic mass is 35.5. The van der Waals surface area contributed by atoms with Crippen molar-refractivity contribution in [3.8, 4) is 5.75 Å². The molecular formula is C24H25ClN2O. The number of hydrogen-bond acceptors (Lipinski definition) is 3. The second-order valence-electron chi connectivity index (χ2n) is 7.48. The van der Waals surface area contributed by atoms with E-state index in [4.69, 9.17) is 22.1 Å². The number of nitrogens with two attached hydrogens (primary N) is 1. The van der Waals surface area contributed by atoms with Gasteiger partial charge in [0.25, 0.3) is 0 Å². The second kappa shape index (κ2) is 7.86. The lowest BCUT2D eigenvalue weighted by molar-refractivity contribution is 0.414. The van der Waals surface area contributed by atoms with E-state index in [-0.39, 0.29) is 12.0 Å². The van der Waals surface area contributed by atoms with Crippen LogP contribution in [0.3, 0.4) is 0 Å². The highest BCUT2D eigenvalue weighted by Gasteiger charge is 2.31. The molecule has 1 aliphatic carbocycles. The normalized spacial score (nSPS) is 18.0. The highest BCUT2D eigenvalue weighted by Crippen LogP contribution is 2.42. The molecule has 0 saturated carbocycles. The minimum atomic E-state index is -0.0152. The van der Waals surface area contributed by atoms with Crippen LogP contribution in [-0.2, 0) is 13.0 Å². The predicted octanol–water partition coefficient (Wildman–Crippen LogP) is 5.32. The molecule has 0 amide bonds. The molecule has 0 saturated heterocycles. The highest BCUT2D eigenvalue weighted by molar-refractivity contribution is 6.30. The van der Waals surface area contributed by atoms with Crippen molar-refractivity contribution in [3.05, 3.63) is 94.0 Å². The molecule has 2 unspecified atom stereocenters. The molecule has 0 aliphatic heterocycles. The van der Waals surface area contributed by atoms with E-state index in [0.717, 1.165) is 23.7 Å². The molecule has 1 aliphatic rings. The quantitative estimate of drug-likeness (QED) is 0.638. The monoisotopic (exact) mass is 392 g/mol. The SMILES string of the molecule is COc1cccc(CN(C)c2ccc3c(c2)C(N)C(c2cccc(Cl)c2)C3)c1. The standard InChI is InChI=1S/C24H25ClN2O/c1-27(15-16-5-3-8-21(11-16)28-2)20-10-9-18-13-22(24(26)23(18)14-20)17-6-4-7-19(25)12-17/h3-12,14,22,24H,13,15,26H2,1-2H3. The van der Waals surface area contributed by atoms with Crippen molar-refractivity contribution >= 4 is 17.3 Å². The molecule has 0 radical (unpaired) electrons. The number of halogens is 1. The zero-order valence-corrected chi connectivity index (χ0v) is 17.0. The van der Waals surface area contributed by atoms with Crippen LogP contribution in [0.2, 0.25) is 5.02 Å². The number of benzene rings is 3. The van der Waals surface area contributed by atoms with Crippen molar-refractivity contribution in [2.75, 3.05) is 19.1 Å². The van der Waals surface area contributed by atoms with Crippen LogP contribution in [0.5, 0.6) is 5.75 Å². The van der Waals surface area contributed by atoms with Crippen LogP contribution >= 0.6 is 11.6 Å². The van der Waals surface area contributed by atoms with Gasteiger partial charge in [0.2, 0.25) is 0 Å². The first-order chi connectivity index (χ1) is 13.5. The Balaban J connectivity index is 1.55. The first kappa shape index (κ1) is 18.9. The van der Waals surface area contributed by atoms with Crippen LogP contribution in [0.4, 0.5) is 5.69 Å². The van der Waals surface area contributed by atoms with Crippen LogP contribution in [0.25, 0.3) is 0 Å². The summed E-state index contributed by atoms with van der Waals surface area (Å²) < 4.78 is 5.33. The Hall–Kier alpha value is -2.49. The molecule has 28 heavy (non-hydrogen) atoms. The molecule has 0 fully saturated rings. The minimum Gasteiger partial charge on any atom is -0.497 e. The van der Waals surface area contributed by atoms with Crippen molar-refractivity contribution in [3.63, 3.8) is 0 Å². The van der Waals surface area contributed by atoms with E-state index in [1.807, 2.05) is 30.3 Å². The number of methoxy groups -OCH3 is 1. The number of nitrogens with zero attached hydrogens (tertiary/aromatic N) is 1. The fourth-order valence-electron chi connectivity index (χ4n) is 4.09. The molecule has 0 aromatic heterocycles. The Kier molecular flexibility index (Phi) is 5.29. The molecule has 144 valence electrons. The van der Waals surface area contributed by atoms with Gasteiger partial charge in [0.05, 0.1) is 7.11 Å². The van der Waals surface area contributed by atoms with Crippen LogP contribution in [0.1, 0.15) is 34.2 Å². The zero-order chi connectivity index (χ0) is 19.7. The van der Waals surface area contributed by atoms with Gasteiger partial charge in [-0.3, -0.25) is 0 Å². The molecule has 2 N–H and O–H groups in total. The summed E-state index contributed by atoms with van der Waals surface area (Å²) in [6.45, 7) is 0.808. The van der Waals surface area contributed by atoms with Crippen LogP contribution in [0, 0.1) is 0 Å². The lowest BCUT2D eigenvalue weighted by Gasteiger charge is -2.22. The largest absolute Gasteiger partial charge is 0.497 e. The third-order valence-corrected chi connectivity index (χ3v) is 5.87. The first-order valence-corrected chi connectivity index (χ1v) is 9.91. The van der Waals surface area contributed by atoms with Crippen molar-refractivity contribution in [1.82, 2.24) is 0 Å². The summed E-state index contributed by atoms with van der Waals surface area (Å²) in [7, 11) is 3.80. The van der Waals surface area contributed by atoms with E-state index >= 15 is 0 Å². The van der Waals surface area contributed by atoms with Gasteiger partial charge in [-0.15, -0.1) is 0 Å². The van der Waals surface area contributed by atoms with Gasteiger partial charge in [-0.1, -0.05) is 41.9 Å². The molecule has 3 nitrogen and oxygen atoms in total. The molecule has 4 heteroatoms. The summed E-state index contributed by atoms with van der Waals surface area (Å²) in [6, 6.07) is 22.9. The van der Waals surface area contributed by atoms with E-state index < -0.39 is 0 Å². The average Bonchev–Trinajstić information content (AvgIpc) is 3.04. The van der Waals surface area contributed by atoms with E-state index in [1.54, 1.807) is 7.11 Å². The maximum Gasteiger partial charge on any atom is 0.119 e. The number of ether oxygens (including phenoxy) is 1. The smallest absolute Gasteiger partial charge is 0.119 e. The minimum absolute atomic E-state index is 0.0152. The van der Waals surface area contributed by atoms with E-state index in [1.165, 1.54) is 27.9 Å². The van der Waals surface area contributed by atoms with Crippen molar-refractivity contribution in [2.45, 2.75) is 24.9 Å². The summed E-state index contributed by atoms with van der Waals surface area (Å²) in [4.78, 5) is 2.24. The summed E-state index contributed by atoms with van der Waals surface area (Å²) >= 11 is 6.19. The van der Waals surface area contributed by atoms with Crippen LogP contribution < -0.4 is 15.4 Å². The number of rotatable bonds is 5.